The Labute approximate surface area is 244 Å². The van der Waals surface area contributed by atoms with E-state index in [0.29, 0.717) is 37.5 Å². The third-order valence-corrected chi connectivity index (χ3v) is 11.1. The lowest BCUT2D eigenvalue weighted by molar-refractivity contribution is 0.174. The normalized spacial score (nSPS) is 14.6. The zero-order chi connectivity index (χ0) is 27.7. The van der Waals surface area contributed by atoms with Gasteiger partial charge < -0.3 is 18.9 Å². The Hall–Kier alpha value is -3.99. The van der Waals surface area contributed by atoms with Gasteiger partial charge in [0, 0.05) is 21.5 Å². The topological polar surface area (TPSA) is 76.0 Å². The van der Waals surface area contributed by atoms with E-state index in [1.165, 1.54) is 3.97 Å². The zero-order valence-electron chi connectivity index (χ0n) is 21.9. The van der Waals surface area contributed by atoms with Crippen LogP contribution < -0.4 is 18.9 Å². The van der Waals surface area contributed by atoms with Crippen molar-refractivity contribution in [2.24, 2.45) is 0 Å². The van der Waals surface area contributed by atoms with Crippen LogP contribution in [-0.2, 0) is 10.0 Å². The molecule has 0 fully saturated rings. The number of aromatic nitrogens is 1. The maximum absolute atomic E-state index is 14.1. The predicted molar refractivity (Wildman–Crippen MR) is 162 cm³/mol. The lowest BCUT2D eigenvalue weighted by atomic mass is 10.1. The molecule has 0 saturated heterocycles. The van der Waals surface area contributed by atoms with E-state index in [0.717, 1.165) is 60.2 Å². The highest BCUT2D eigenvalue weighted by atomic mass is 32.2. The maximum Gasteiger partial charge on any atom is 0.268 e. The fourth-order valence-electron chi connectivity index (χ4n) is 5.47. The Morgan fingerprint density at radius 3 is 1.66 bits per heavy atom. The minimum atomic E-state index is -3.90. The number of rotatable bonds is 4. The van der Waals surface area contributed by atoms with Crippen LogP contribution >= 0.6 is 22.7 Å². The molecule has 3 aromatic heterocycles. The van der Waals surface area contributed by atoms with E-state index in [1.807, 2.05) is 54.1 Å². The first-order chi connectivity index (χ1) is 20.0. The number of aryl methyl sites for hydroxylation is 1. The van der Waals surface area contributed by atoms with Gasteiger partial charge in [0.2, 0.25) is 0 Å². The standard InChI is InChI=1S/C31H23NO6S3/c1-18-2-6-21(7-3-18)41(33,34)32-24-8-4-19(30-28-26(16-39-30)35-10-12-37-28)14-22(24)23-15-20(5-9-25(23)32)31-29-27(17-40-31)36-11-13-38-29/h2-9,14-17H,10-13H2,1H3. The van der Waals surface area contributed by atoms with Gasteiger partial charge in [0.15, 0.2) is 23.0 Å². The molecular formula is C31H23NO6S3. The van der Waals surface area contributed by atoms with Crippen molar-refractivity contribution in [3.63, 3.8) is 0 Å². The van der Waals surface area contributed by atoms with Crippen LogP contribution in [0.5, 0.6) is 23.0 Å². The molecule has 7 nitrogen and oxygen atoms in total. The van der Waals surface area contributed by atoms with E-state index in [-0.39, 0.29) is 4.90 Å². The molecule has 206 valence electrons. The van der Waals surface area contributed by atoms with Crippen molar-refractivity contribution in [1.82, 2.24) is 3.97 Å². The molecule has 3 aromatic carbocycles. The Bertz CT molecular complexity index is 1970. The second-order valence-corrected chi connectivity index (χ2v) is 13.5. The molecule has 0 atom stereocenters. The second kappa shape index (κ2) is 9.27. The summed E-state index contributed by atoms with van der Waals surface area (Å²) in [7, 11) is -3.90. The molecule has 41 heavy (non-hydrogen) atoms. The van der Waals surface area contributed by atoms with Crippen molar-refractivity contribution >= 4 is 54.5 Å². The minimum absolute atomic E-state index is 0.241. The van der Waals surface area contributed by atoms with Gasteiger partial charge in [-0.3, -0.25) is 0 Å². The van der Waals surface area contributed by atoms with E-state index in [2.05, 4.69) is 12.1 Å². The van der Waals surface area contributed by atoms with Gasteiger partial charge in [-0.2, -0.15) is 0 Å². The van der Waals surface area contributed by atoms with E-state index < -0.39 is 10.0 Å². The van der Waals surface area contributed by atoms with Gasteiger partial charge in [0.05, 0.1) is 25.7 Å². The summed E-state index contributed by atoms with van der Waals surface area (Å²) in [5, 5.41) is 5.58. The highest BCUT2D eigenvalue weighted by Crippen LogP contribution is 2.49. The molecule has 5 heterocycles. The van der Waals surface area contributed by atoms with Crippen LogP contribution in [0.15, 0.2) is 76.3 Å². The number of hydrogen-bond acceptors (Lipinski definition) is 8. The smallest absolute Gasteiger partial charge is 0.268 e. The summed E-state index contributed by atoms with van der Waals surface area (Å²) < 4.78 is 53.2. The molecule has 0 N–H and O–H groups in total. The van der Waals surface area contributed by atoms with Crippen LogP contribution in [0.1, 0.15) is 5.56 Å². The number of fused-ring (bicyclic) bond motifs is 5. The fourth-order valence-corrected chi connectivity index (χ4v) is 8.86. The summed E-state index contributed by atoms with van der Waals surface area (Å²) in [5.74, 6) is 2.96. The van der Waals surface area contributed by atoms with Crippen LogP contribution in [-0.4, -0.2) is 38.8 Å². The number of thiophene rings is 2. The Kier molecular flexibility index (Phi) is 5.60. The van der Waals surface area contributed by atoms with Gasteiger partial charge in [-0.25, -0.2) is 12.4 Å². The minimum Gasteiger partial charge on any atom is -0.485 e. The van der Waals surface area contributed by atoms with Crippen LogP contribution in [0.2, 0.25) is 0 Å². The lowest BCUT2D eigenvalue weighted by Gasteiger charge is -2.16. The Morgan fingerprint density at radius 1 is 0.659 bits per heavy atom. The van der Waals surface area contributed by atoms with E-state index in [4.69, 9.17) is 18.9 Å². The van der Waals surface area contributed by atoms with Crippen molar-refractivity contribution < 1.29 is 27.4 Å². The van der Waals surface area contributed by atoms with Gasteiger partial charge in [-0.1, -0.05) is 29.8 Å². The average Bonchev–Trinajstić information content (AvgIpc) is 3.71. The van der Waals surface area contributed by atoms with Gasteiger partial charge in [0.1, 0.15) is 26.4 Å². The molecule has 8 rings (SSSR count). The van der Waals surface area contributed by atoms with Gasteiger partial charge in [-0.05, 0) is 54.4 Å². The molecule has 2 aliphatic heterocycles. The molecule has 0 radical (unpaired) electrons. The van der Waals surface area contributed by atoms with Crippen LogP contribution in [0.4, 0.5) is 0 Å². The number of ether oxygens (including phenoxy) is 4. The molecular weight excluding hydrogens is 579 g/mol. The highest BCUT2D eigenvalue weighted by molar-refractivity contribution is 7.90. The highest BCUT2D eigenvalue weighted by Gasteiger charge is 2.27. The molecule has 0 bridgehead atoms. The number of benzene rings is 3. The van der Waals surface area contributed by atoms with Crippen LogP contribution in [0.25, 0.3) is 42.7 Å². The lowest BCUT2D eigenvalue weighted by Crippen LogP contribution is -2.14. The summed E-state index contributed by atoms with van der Waals surface area (Å²) in [6.45, 7) is 3.98. The van der Waals surface area contributed by atoms with Gasteiger partial charge in [-0.15, -0.1) is 22.7 Å². The van der Waals surface area contributed by atoms with Gasteiger partial charge in [0.25, 0.3) is 10.0 Å². The van der Waals surface area contributed by atoms with Crippen LogP contribution in [0, 0.1) is 6.92 Å². The van der Waals surface area contributed by atoms with E-state index >= 15 is 0 Å². The summed E-state index contributed by atoms with van der Waals surface area (Å²) in [6.07, 6.45) is 0. The fraction of sp³-hybridized carbons (Fsp3) is 0.161. The predicted octanol–water partition coefficient (Wildman–Crippen LogP) is 7.34. The van der Waals surface area contributed by atoms with Crippen molar-refractivity contribution in [3.05, 3.63) is 77.0 Å². The molecule has 0 amide bonds. The largest absolute Gasteiger partial charge is 0.485 e. The Balaban J connectivity index is 1.38. The van der Waals surface area contributed by atoms with Crippen molar-refractivity contribution in [1.29, 1.82) is 0 Å². The quantitative estimate of drug-likeness (QED) is 0.211. The number of hydrogen-bond donors (Lipinski definition) is 0. The number of nitrogens with zero attached hydrogens (tertiary/aromatic N) is 1. The summed E-state index contributed by atoms with van der Waals surface area (Å²) >= 11 is 3.11. The van der Waals surface area contributed by atoms with Crippen molar-refractivity contribution in [3.8, 4) is 43.9 Å². The third kappa shape index (κ3) is 3.85. The van der Waals surface area contributed by atoms with Gasteiger partial charge >= 0.3 is 0 Å². The maximum atomic E-state index is 14.1. The third-order valence-electron chi connectivity index (χ3n) is 7.41. The summed E-state index contributed by atoms with van der Waals surface area (Å²) in [6, 6.07) is 18.7. The Morgan fingerprint density at radius 2 is 1.15 bits per heavy atom. The zero-order valence-corrected chi connectivity index (χ0v) is 24.3. The average molecular weight is 602 g/mol. The molecule has 10 heteroatoms. The molecule has 0 saturated carbocycles. The van der Waals surface area contributed by atoms with Crippen molar-refractivity contribution in [2.45, 2.75) is 11.8 Å². The van der Waals surface area contributed by atoms with E-state index in [9.17, 15) is 8.42 Å². The first-order valence-corrected chi connectivity index (χ1v) is 16.3. The molecule has 0 unspecified atom stereocenters. The first kappa shape index (κ1) is 24.8. The monoisotopic (exact) mass is 601 g/mol. The molecule has 6 aromatic rings. The first-order valence-electron chi connectivity index (χ1n) is 13.1. The second-order valence-electron chi connectivity index (χ2n) is 9.96. The van der Waals surface area contributed by atoms with Crippen molar-refractivity contribution in [2.75, 3.05) is 26.4 Å². The SMILES string of the molecule is Cc1ccc(S(=O)(=O)n2c3ccc(-c4scc5c4OCCO5)cc3c3cc(-c4scc5c4OCCO5)ccc32)cc1. The molecule has 0 spiro atoms. The van der Waals surface area contributed by atoms with E-state index in [1.54, 1.807) is 34.8 Å². The molecule has 2 aliphatic rings. The summed E-state index contributed by atoms with van der Waals surface area (Å²) in [4.78, 5) is 2.15. The van der Waals surface area contributed by atoms with Crippen LogP contribution in [0.3, 0.4) is 0 Å². The summed E-state index contributed by atoms with van der Waals surface area (Å²) in [5.41, 5.74) is 4.10. The molecule has 0 aliphatic carbocycles.